The Labute approximate surface area is 181 Å². The van der Waals surface area contributed by atoms with Crippen molar-refractivity contribution in [1.82, 2.24) is 20.9 Å². The summed E-state index contributed by atoms with van der Waals surface area (Å²) in [4.78, 5) is 21.2. The number of amides is 1. The second kappa shape index (κ2) is 11.1. The Kier molecular flexibility index (Phi) is 7.97. The summed E-state index contributed by atoms with van der Waals surface area (Å²) in [7, 11) is 1.74. The largest absolute Gasteiger partial charge is 0.355 e. The van der Waals surface area contributed by atoms with Crippen LogP contribution in [0, 0.1) is 6.92 Å². The number of aromatic nitrogens is 1. The lowest BCUT2D eigenvalue weighted by molar-refractivity contribution is 0.0957. The molecule has 156 valence electrons. The summed E-state index contributed by atoms with van der Waals surface area (Å²) in [6.07, 6.45) is 0. The summed E-state index contributed by atoms with van der Waals surface area (Å²) in [6.45, 7) is 3.62. The SMILES string of the molecule is CN=C(NCCNC(=O)c1scnc1C)NCC(c1ccccc1)c1ccccc1. The summed E-state index contributed by atoms with van der Waals surface area (Å²) in [5.41, 5.74) is 4.94. The van der Waals surface area contributed by atoms with Crippen molar-refractivity contribution < 1.29 is 4.79 Å². The van der Waals surface area contributed by atoms with E-state index in [4.69, 9.17) is 0 Å². The minimum absolute atomic E-state index is 0.0898. The Morgan fingerprint density at radius 3 is 2.10 bits per heavy atom. The minimum Gasteiger partial charge on any atom is -0.355 e. The molecule has 0 saturated heterocycles. The van der Waals surface area contributed by atoms with E-state index < -0.39 is 0 Å². The first-order chi connectivity index (χ1) is 14.7. The molecule has 1 amide bonds. The van der Waals surface area contributed by atoms with Crippen molar-refractivity contribution >= 4 is 23.2 Å². The van der Waals surface area contributed by atoms with Crippen LogP contribution in [0.2, 0.25) is 0 Å². The maximum Gasteiger partial charge on any atom is 0.263 e. The highest BCUT2D eigenvalue weighted by Gasteiger charge is 2.14. The second-order valence-corrected chi connectivity index (χ2v) is 7.63. The van der Waals surface area contributed by atoms with E-state index in [1.165, 1.54) is 22.5 Å². The minimum atomic E-state index is -0.0898. The Morgan fingerprint density at radius 2 is 1.57 bits per heavy atom. The topological polar surface area (TPSA) is 78.4 Å². The van der Waals surface area contributed by atoms with Crippen LogP contribution < -0.4 is 16.0 Å². The molecule has 1 aromatic heterocycles. The highest BCUT2D eigenvalue weighted by atomic mass is 32.1. The smallest absolute Gasteiger partial charge is 0.263 e. The van der Waals surface area contributed by atoms with Gasteiger partial charge in [-0.1, -0.05) is 60.7 Å². The van der Waals surface area contributed by atoms with Crippen molar-refractivity contribution in [2.45, 2.75) is 12.8 Å². The van der Waals surface area contributed by atoms with Crippen LogP contribution in [0.3, 0.4) is 0 Å². The van der Waals surface area contributed by atoms with Crippen LogP contribution in [0.5, 0.6) is 0 Å². The highest BCUT2D eigenvalue weighted by molar-refractivity contribution is 7.11. The zero-order valence-electron chi connectivity index (χ0n) is 17.3. The predicted molar refractivity (Wildman–Crippen MR) is 123 cm³/mol. The number of nitrogens with zero attached hydrogens (tertiary/aromatic N) is 2. The molecule has 2 aromatic carbocycles. The van der Waals surface area contributed by atoms with Crippen LogP contribution in [-0.2, 0) is 0 Å². The molecule has 3 N–H and O–H groups in total. The van der Waals surface area contributed by atoms with Gasteiger partial charge in [-0.2, -0.15) is 0 Å². The maximum atomic E-state index is 12.2. The average Bonchev–Trinajstić information content (AvgIpc) is 3.22. The van der Waals surface area contributed by atoms with Gasteiger partial charge >= 0.3 is 0 Å². The Hall–Kier alpha value is -3.19. The molecule has 0 atom stereocenters. The molecule has 0 saturated carbocycles. The quantitative estimate of drug-likeness (QED) is 0.297. The molecule has 0 aliphatic heterocycles. The second-order valence-electron chi connectivity index (χ2n) is 6.78. The van der Waals surface area contributed by atoms with E-state index in [0.29, 0.717) is 30.5 Å². The van der Waals surface area contributed by atoms with Crippen LogP contribution in [0.25, 0.3) is 0 Å². The molecule has 30 heavy (non-hydrogen) atoms. The molecule has 0 fully saturated rings. The first kappa shape index (κ1) is 21.5. The molecule has 0 radical (unpaired) electrons. The third-order valence-electron chi connectivity index (χ3n) is 4.76. The van der Waals surface area contributed by atoms with Gasteiger partial charge in [0.05, 0.1) is 11.2 Å². The van der Waals surface area contributed by atoms with E-state index in [0.717, 1.165) is 5.69 Å². The molecule has 7 heteroatoms. The van der Waals surface area contributed by atoms with E-state index in [1.807, 2.05) is 19.1 Å². The first-order valence-electron chi connectivity index (χ1n) is 9.91. The summed E-state index contributed by atoms with van der Waals surface area (Å²) < 4.78 is 0. The molecule has 3 rings (SSSR count). The number of carbonyl (C=O) groups excluding carboxylic acids is 1. The van der Waals surface area contributed by atoms with Gasteiger partial charge in [-0.3, -0.25) is 9.79 Å². The molecule has 0 aliphatic carbocycles. The third kappa shape index (κ3) is 5.90. The van der Waals surface area contributed by atoms with Gasteiger partial charge in [0, 0.05) is 32.6 Å². The van der Waals surface area contributed by atoms with Crippen LogP contribution >= 0.6 is 11.3 Å². The van der Waals surface area contributed by atoms with E-state index in [1.54, 1.807) is 12.6 Å². The zero-order chi connectivity index (χ0) is 21.2. The molecule has 3 aromatic rings. The van der Waals surface area contributed by atoms with Crippen molar-refractivity contribution in [2.75, 3.05) is 26.7 Å². The fraction of sp³-hybridized carbons (Fsp3) is 0.261. The third-order valence-corrected chi connectivity index (χ3v) is 5.68. The number of aliphatic imine (C=N–C) groups is 1. The van der Waals surface area contributed by atoms with Crippen molar-refractivity contribution in [1.29, 1.82) is 0 Å². The van der Waals surface area contributed by atoms with E-state index in [2.05, 4.69) is 74.5 Å². The maximum absolute atomic E-state index is 12.2. The van der Waals surface area contributed by atoms with Gasteiger partial charge < -0.3 is 16.0 Å². The number of hydrogen-bond donors (Lipinski definition) is 3. The van der Waals surface area contributed by atoms with Gasteiger partial charge in [0.15, 0.2) is 5.96 Å². The zero-order valence-corrected chi connectivity index (χ0v) is 18.1. The summed E-state index contributed by atoms with van der Waals surface area (Å²) >= 11 is 1.35. The first-order valence-corrected chi connectivity index (χ1v) is 10.8. The van der Waals surface area contributed by atoms with Gasteiger partial charge in [-0.05, 0) is 18.1 Å². The van der Waals surface area contributed by atoms with Crippen LogP contribution in [-0.4, -0.2) is 43.5 Å². The number of nitrogens with one attached hydrogen (secondary N) is 3. The number of guanidine groups is 1. The van der Waals surface area contributed by atoms with Crippen molar-refractivity contribution in [2.24, 2.45) is 4.99 Å². The van der Waals surface area contributed by atoms with Crippen molar-refractivity contribution in [3.63, 3.8) is 0 Å². The number of hydrogen-bond acceptors (Lipinski definition) is 4. The number of rotatable bonds is 8. The molecule has 0 spiro atoms. The van der Waals surface area contributed by atoms with Crippen molar-refractivity contribution in [3.05, 3.63) is 87.9 Å². The lowest BCUT2D eigenvalue weighted by atomic mass is 9.91. The molecular weight excluding hydrogens is 394 g/mol. The summed E-state index contributed by atoms with van der Waals surface area (Å²) in [6, 6.07) is 20.9. The number of aryl methyl sites for hydroxylation is 1. The van der Waals surface area contributed by atoms with Gasteiger partial charge in [-0.25, -0.2) is 4.98 Å². The standard InChI is InChI=1S/C23H27N5OS/c1-17-21(30-16-28-17)22(29)25-13-14-26-23(24-2)27-15-20(18-9-5-3-6-10-18)19-11-7-4-8-12-19/h3-12,16,20H,13-15H2,1-2H3,(H,25,29)(H2,24,26,27). The Balaban J connectivity index is 1.52. The highest BCUT2D eigenvalue weighted by Crippen LogP contribution is 2.23. The Bertz CT molecular complexity index is 916. The average molecular weight is 422 g/mol. The number of carbonyl (C=O) groups is 1. The van der Waals surface area contributed by atoms with E-state index in [9.17, 15) is 4.79 Å². The van der Waals surface area contributed by atoms with Crippen LogP contribution in [0.4, 0.5) is 0 Å². The van der Waals surface area contributed by atoms with E-state index >= 15 is 0 Å². The van der Waals surface area contributed by atoms with Gasteiger partial charge in [0.1, 0.15) is 4.88 Å². The van der Waals surface area contributed by atoms with Crippen LogP contribution in [0.1, 0.15) is 32.4 Å². The molecular formula is C23H27N5OS. The molecule has 0 aliphatic rings. The number of benzene rings is 2. The van der Waals surface area contributed by atoms with Gasteiger partial charge in [0.2, 0.25) is 0 Å². The summed E-state index contributed by atoms with van der Waals surface area (Å²) in [5.74, 6) is 0.822. The predicted octanol–water partition coefficient (Wildman–Crippen LogP) is 3.18. The lowest BCUT2D eigenvalue weighted by Crippen LogP contribution is -2.42. The molecule has 6 nitrogen and oxygen atoms in total. The van der Waals surface area contributed by atoms with E-state index in [-0.39, 0.29) is 11.8 Å². The van der Waals surface area contributed by atoms with Crippen LogP contribution in [0.15, 0.2) is 71.2 Å². The van der Waals surface area contributed by atoms with Crippen molar-refractivity contribution in [3.8, 4) is 0 Å². The normalized spacial score (nSPS) is 11.4. The van der Waals surface area contributed by atoms with Gasteiger partial charge in [0.25, 0.3) is 5.91 Å². The molecule has 0 unspecified atom stereocenters. The lowest BCUT2D eigenvalue weighted by Gasteiger charge is -2.20. The Morgan fingerprint density at radius 1 is 0.967 bits per heavy atom. The molecule has 1 heterocycles. The van der Waals surface area contributed by atoms with Gasteiger partial charge in [-0.15, -0.1) is 11.3 Å². The monoisotopic (exact) mass is 421 g/mol. The summed E-state index contributed by atoms with van der Waals surface area (Å²) in [5, 5.41) is 9.57. The fourth-order valence-electron chi connectivity index (χ4n) is 3.18. The number of thiazole rings is 1. The fourth-order valence-corrected chi connectivity index (χ4v) is 3.89. The molecule has 0 bridgehead atoms.